The lowest BCUT2D eigenvalue weighted by molar-refractivity contribution is 0.0418. The molecule has 0 aromatic carbocycles. The van der Waals surface area contributed by atoms with Gasteiger partial charge in [-0.25, -0.2) is 4.79 Å². The summed E-state index contributed by atoms with van der Waals surface area (Å²) >= 11 is 0. The van der Waals surface area contributed by atoms with Crippen molar-refractivity contribution in [3.63, 3.8) is 0 Å². The van der Waals surface area contributed by atoms with E-state index >= 15 is 0 Å². The lowest BCUT2D eigenvalue weighted by atomic mass is 9.95. The van der Waals surface area contributed by atoms with Gasteiger partial charge in [0.15, 0.2) is 0 Å². The Hall–Kier alpha value is -1.38. The number of aromatic nitrogens is 1. The fourth-order valence-electron chi connectivity index (χ4n) is 2.01. The Morgan fingerprint density at radius 3 is 2.93 bits per heavy atom. The van der Waals surface area contributed by atoms with Crippen molar-refractivity contribution in [1.82, 2.24) is 4.98 Å². The molecule has 1 aromatic rings. The zero-order valence-electron chi connectivity index (χ0n) is 8.04. The molecule has 2 heterocycles. The highest BCUT2D eigenvalue weighted by Gasteiger charge is 2.51. The molecule has 1 aromatic heterocycles. The van der Waals surface area contributed by atoms with Gasteiger partial charge in [-0.2, -0.15) is 0 Å². The first-order valence-electron chi connectivity index (χ1n) is 4.87. The van der Waals surface area contributed by atoms with Gasteiger partial charge < -0.3 is 4.74 Å². The number of carbonyl (C=O) groups excluding carboxylic acids is 1. The van der Waals surface area contributed by atoms with Crippen LogP contribution in [0.2, 0.25) is 0 Å². The Morgan fingerprint density at radius 1 is 1.43 bits per heavy atom. The summed E-state index contributed by atoms with van der Waals surface area (Å²) in [6.45, 7) is 2.48. The topological polar surface area (TPSA) is 39.2 Å². The standard InChI is InChI=1S/C11H11NO2/c1-7-2-3-8-9(12-7)11(4-5-11)6-14-10(8)13/h2-3H,4-6H2,1H3. The van der Waals surface area contributed by atoms with Crippen LogP contribution in [0.25, 0.3) is 0 Å². The zero-order valence-corrected chi connectivity index (χ0v) is 8.04. The number of aryl methyl sites for hydroxylation is 1. The minimum Gasteiger partial charge on any atom is -0.461 e. The highest BCUT2D eigenvalue weighted by Crippen LogP contribution is 2.50. The van der Waals surface area contributed by atoms with Crippen LogP contribution in [0.5, 0.6) is 0 Å². The smallest absolute Gasteiger partial charge is 0.340 e. The van der Waals surface area contributed by atoms with Crippen molar-refractivity contribution < 1.29 is 9.53 Å². The molecule has 0 bridgehead atoms. The molecule has 14 heavy (non-hydrogen) atoms. The normalized spacial score (nSPS) is 21.6. The fourth-order valence-corrected chi connectivity index (χ4v) is 2.01. The zero-order chi connectivity index (χ0) is 9.76. The van der Waals surface area contributed by atoms with Crippen molar-refractivity contribution in [2.45, 2.75) is 25.2 Å². The fraction of sp³-hybridized carbons (Fsp3) is 0.455. The lowest BCUT2D eigenvalue weighted by Crippen LogP contribution is -2.29. The predicted octanol–water partition coefficient (Wildman–Crippen LogP) is 1.59. The van der Waals surface area contributed by atoms with E-state index in [9.17, 15) is 4.79 Å². The number of nitrogens with zero attached hydrogens (tertiary/aromatic N) is 1. The summed E-state index contributed by atoms with van der Waals surface area (Å²) in [5.74, 6) is -0.218. The Kier molecular flexibility index (Phi) is 1.34. The molecular weight excluding hydrogens is 178 g/mol. The van der Waals surface area contributed by atoms with Gasteiger partial charge >= 0.3 is 5.97 Å². The molecule has 0 atom stereocenters. The van der Waals surface area contributed by atoms with Crippen LogP contribution in [-0.4, -0.2) is 17.6 Å². The summed E-state index contributed by atoms with van der Waals surface area (Å²) in [6, 6.07) is 3.70. The van der Waals surface area contributed by atoms with E-state index in [0.717, 1.165) is 24.2 Å². The van der Waals surface area contributed by atoms with Gasteiger partial charge in [0, 0.05) is 11.1 Å². The SMILES string of the molecule is Cc1ccc2c(n1)C1(CC1)COC2=O. The number of rotatable bonds is 0. The second-order valence-electron chi connectivity index (χ2n) is 4.21. The number of pyridine rings is 1. The van der Waals surface area contributed by atoms with Gasteiger partial charge in [0.2, 0.25) is 0 Å². The minimum atomic E-state index is -0.218. The summed E-state index contributed by atoms with van der Waals surface area (Å²) in [5.41, 5.74) is 2.69. The summed E-state index contributed by atoms with van der Waals surface area (Å²) in [6.07, 6.45) is 2.20. The largest absolute Gasteiger partial charge is 0.461 e. The van der Waals surface area contributed by atoms with Crippen LogP contribution in [0.15, 0.2) is 12.1 Å². The van der Waals surface area contributed by atoms with E-state index in [2.05, 4.69) is 4.98 Å². The van der Waals surface area contributed by atoms with Crippen LogP contribution in [-0.2, 0) is 10.2 Å². The van der Waals surface area contributed by atoms with E-state index in [4.69, 9.17) is 4.74 Å². The molecule has 3 rings (SSSR count). The molecule has 1 aliphatic carbocycles. The number of cyclic esters (lactones) is 1. The summed E-state index contributed by atoms with van der Waals surface area (Å²) in [4.78, 5) is 15.9. The molecule has 3 heteroatoms. The second-order valence-corrected chi connectivity index (χ2v) is 4.21. The summed E-state index contributed by atoms with van der Waals surface area (Å²) in [7, 11) is 0. The van der Waals surface area contributed by atoms with Crippen molar-refractivity contribution in [2.75, 3.05) is 6.61 Å². The first-order chi connectivity index (χ1) is 6.71. The van der Waals surface area contributed by atoms with Gasteiger partial charge in [-0.1, -0.05) is 0 Å². The Balaban J connectivity index is 2.22. The van der Waals surface area contributed by atoms with Crippen molar-refractivity contribution in [3.8, 4) is 0 Å². The molecule has 0 saturated heterocycles. The van der Waals surface area contributed by atoms with E-state index in [-0.39, 0.29) is 11.4 Å². The Bertz CT molecular complexity index is 421. The van der Waals surface area contributed by atoms with Gasteiger partial charge in [0.05, 0.1) is 11.3 Å². The van der Waals surface area contributed by atoms with E-state index in [0.29, 0.717) is 12.2 Å². The van der Waals surface area contributed by atoms with Crippen molar-refractivity contribution in [2.24, 2.45) is 0 Å². The van der Waals surface area contributed by atoms with Crippen molar-refractivity contribution >= 4 is 5.97 Å². The average Bonchev–Trinajstić information content (AvgIpc) is 2.93. The number of hydrogen-bond acceptors (Lipinski definition) is 3. The predicted molar refractivity (Wildman–Crippen MR) is 50.2 cm³/mol. The van der Waals surface area contributed by atoms with Gasteiger partial charge in [-0.05, 0) is 31.9 Å². The second kappa shape index (κ2) is 2.35. The molecule has 0 unspecified atom stereocenters. The molecule has 1 fully saturated rings. The molecule has 3 nitrogen and oxygen atoms in total. The maximum absolute atomic E-state index is 11.5. The van der Waals surface area contributed by atoms with Crippen LogP contribution in [0.3, 0.4) is 0 Å². The number of fused-ring (bicyclic) bond motifs is 2. The van der Waals surface area contributed by atoms with Crippen LogP contribution < -0.4 is 0 Å². The van der Waals surface area contributed by atoms with E-state index in [1.54, 1.807) is 0 Å². The van der Waals surface area contributed by atoms with E-state index in [1.807, 2.05) is 19.1 Å². The third-order valence-electron chi connectivity index (χ3n) is 3.09. The molecule has 72 valence electrons. The molecule has 0 radical (unpaired) electrons. The minimum absolute atomic E-state index is 0.0786. The molecule has 0 N–H and O–H groups in total. The summed E-state index contributed by atoms with van der Waals surface area (Å²) < 4.78 is 5.14. The Morgan fingerprint density at radius 2 is 2.21 bits per heavy atom. The summed E-state index contributed by atoms with van der Waals surface area (Å²) in [5, 5.41) is 0. The molecule has 2 aliphatic rings. The van der Waals surface area contributed by atoms with Gasteiger partial charge in [-0.3, -0.25) is 4.98 Å². The monoisotopic (exact) mass is 189 g/mol. The third-order valence-corrected chi connectivity index (χ3v) is 3.09. The lowest BCUT2D eigenvalue weighted by Gasteiger charge is -2.23. The first-order valence-corrected chi connectivity index (χ1v) is 4.87. The average molecular weight is 189 g/mol. The van der Waals surface area contributed by atoms with Crippen LogP contribution in [0.1, 0.15) is 34.6 Å². The highest BCUT2D eigenvalue weighted by atomic mass is 16.5. The molecule has 1 saturated carbocycles. The molecule has 1 spiro atoms. The van der Waals surface area contributed by atoms with E-state index < -0.39 is 0 Å². The molecule has 0 amide bonds. The van der Waals surface area contributed by atoms with Crippen molar-refractivity contribution in [3.05, 3.63) is 29.1 Å². The Labute approximate surface area is 82.1 Å². The van der Waals surface area contributed by atoms with E-state index in [1.165, 1.54) is 0 Å². The number of esters is 1. The molecular formula is C11H11NO2. The highest BCUT2D eigenvalue weighted by molar-refractivity contribution is 5.92. The first kappa shape index (κ1) is 7.97. The van der Waals surface area contributed by atoms with Gasteiger partial charge in [0.1, 0.15) is 6.61 Å². The maximum Gasteiger partial charge on any atom is 0.340 e. The van der Waals surface area contributed by atoms with Crippen LogP contribution in [0.4, 0.5) is 0 Å². The van der Waals surface area contributed by atoms with Crippen LogP contribution >= 0.6 is 0 Å². The quantitative estimate of drug-likeness (QED) is 0.582. The van der Waals surface area contributed by atoms with Crippen molar-refractivity contribution in [1.29, 1.82) is 0 Å². The van der Waals surface area contributed by atoms with Crippen LogP contribution in [0, 0.1) is 6.92 Å². The maximum atomic E-state index is 11.5. The van der Waals surface area contributed by atoms with Gasteiger partial charge in [0.25, 0.3) is 0 Å². The number of ether oxygens (including phenoxy) is 1. The number of carbonyl (C=O) groups is 1. The van der Waals surface area contributed by atoms with Gasteiger partial charge in [-0.15, -0.1) is 0 Å². The third kappa shape index (κ3) is 0.924. The number of hydrogen-bond donors (Lipinski definition) is 0. The molecule has 1 aliphatic heterocycles.